The van der Waals surface area contributed by atoms with Crippen molar-refractivity contribution < 1.29 is 9.59 Å². The molecule has 2 heterocycles. The van der Waals surface area contributed by atoms with Crippen molar-refractivity contribution >= 4 is 17.5 Å². The third kappa shape index (κ3) is 5.30. The average Bonchev–Trinajstić information content (AvgIpc) is 2.88. The van der Waals surface area contributed by atoms with Crippen molar-refractivity contribution in [3.05, 3.63) is 126 Å². The molecule has 0 spiro atoms. The van der Waals surface area contributed by atoms with Crippen LogP contribution < -0.4 is 10.2 Å². The predicted molar refractivity (Wildman–Crippen MR) is 127 cm³/mol. The van der Waals surface area contributed by atoms with Crippen molar-refractivity contribution in [2.75, 3.05) is 4.90 Å². The average molecular weight is 437 g/mol. The van der Waals surface area contributed by atoms with Gasteiger partial charge in [-0.3, -0.25) is 24.5 Å². The summed E-state index contributed by atoms with van der Waals surface area (Å²) in [7, 11) is 0. The number of nitrogens with one attached hydrogen (secondary N) is 1. The zero-order chi connectivity index (χ0) is 23.0. The number of carbonyl (C=O) groups is 2. The topological polar surface area (TPSA) is 75.2 Å². The van der Waals surface area contributed by atoms with Crippen LogP contribution in [0, 0.1) is 6.92 Å². The summed E-state index contributed by atoms with van der Waals surface area (Å²) in [4.78, 5) is 37.1. The van der Waals surface area contributed by atoms with E-state index in [0.29, 0.717) is 17.8 Å². The first-order valence-electron chi connectivity index (χ1n) is 10.7. The van der Waals surface area contributed by atoms with Gasteiger partial charge in [0.15, 0.2) is 0 Å². The van der Waals surface area contributed by atoms with Crippen molar-refractivity contribution in [2.45, 2.75) is 19.5 Å². The molecular formula is C27H24N4O2. The fourth-order valence-electron chi connectivity index (χ4n) is 3.54. The van der Waals surface area contributed by atoms with Crippen molar-refractivity contribution in [1.29, 1.82) is 0 Å². The van der Waals surface area contributed by atoms with Crippen LogP contribution in [0.1, 0.15) is 33.2 Å². The number of amides is 2. The van der Waals surface area contributed by atoms with Crippen LogP contribution in [0.2, 0.25) is 0 Å². The Labute approximate surface area is 192 Å². The van der Waals surface area contributed by atoms with Crippen LogP contribution in [0.25, 0.3) is 0 Å². The molecule has 6 heteroatoms. The summed E-state index contributed by atoms with van der Waals surface area (Å²) in [5, 5.41) is 3.00. The van der Waals surface area contributed by atoms with Crippen molar-refractivity contribution in [2.24, 2.45) is 0 Å². The summed E-state index contributed by atoms with van der Waals surface area (Å²) in [6, 6.07) is 25.0. The monoisotopic (exact) mass is 436 g/mol. The minimum Gasteiger partial charge on any atom is -0.350 e. The van der Waals surface area contributed by atoms with Crippen LogP contribution in [0.4, 0.5) is 5.69 Å². The lowest BCUT2D eigenvalue weighted by molar-refractivity contribution is -0.122. The van der Waals surface area contributed by atoms with Crippen molar-refractivity contribution in [3.63, 3.8) is 0 Å². The molecule has 0 saturated carbocycles. The zero-order valence-corrected chi connectivity index (χ0v) is 18.3. The van der Waals surface area contributed by atoms with Crippen LogP contribution in [-0.2, 0) is 11.3 Å². The fraction of sp³-hybridized carbons (Fsp3) is 0.111. The summed E-state index contributed by atoms with van der Waals surface area (Å²) in [5.74, 6) is -0.681. The predicted octanol–water partition coefficient (Wildman–Crippen LogP) is 4.49. The molecule has 2 amide bonds. The number of anilines is 1. The summed E-state index contributed by atoms with van der Waals surface area (Å²) in [5.41, 5.74) is 3.48. The quantitative estimate of drug-likeness (QED) is 0.463. The molecule has 0 unspecified atom stereocenters. The Morgan fingerprint density at radius 3 is 2.30 bits per heavy atom. The number of benzene rings is 2. The van der Waals surface area contributed by atoms with Gasteiger partial charge in [0.2, 0.25) is 5.91 Å². The summed E-state index contributed by atoms with van der Waals surface area (Å²) >= 11 is 0. The van der Waals surface area contributed by atoms with Gasteiger partial charge in [-0.2, -0.15) is 0 Å². The SMILES string of the molecule is Cc1ccc([C@@H](C(=O)NCc2ccccc2)N(C(=O)c2ccccn2)c2cccnc2)cc1. The van der Waals surface area contributed by atoms with E-state index >= 15 is 0 Å². The van der Waals surface area contributed by atoms with Gasteiger partial charge in [-0.1, -0.05) is 66.2 Å². The van der Waals surface area contributed by atoms with E-state index in [4.69, 9.17) is 0 Å². The Balaban J connectivity index is 1.76. The maximum atomic E-state index is 13.7. The van der Waals surface area contributed by atoms with Gasteiger partial charge < -0.3 is 5.32 Å². The van der Waals surface area contributed by atoms with E-state index in [-0.39, 0.29) is 17.5 Å². The van der Waals surface area contributed by atoms with Crippen molar-refractivity contribution in [1.82, 2.24) is 15.3 Å². The molecule has 1 N–H and O–H groups in total. The molecule has 0 saturated heterocycles. The molecule has 4 rings (SSSR count). The first-order chi connectivity index (χ1) is 16.1. The van der Waals surface area contributed by atoms with Crippen LogP contribution >= 0.6 is 0 Å². The normalized spacial score (nSPS) is 11.4. The molecule has 4 aromatic rings. The maximum absolute atomic E-state index is 13.7. The summed E-state index contributed by atoms with van der Waals surface area (Å²) < 4.78 is 0. The Hall–Kier alpha value is -4.32. The van der Waals surface area contributed by atoms with E-state index in [2.05, 4.69) is 15.3 Å². The largest absolute Gasteiger partial charge is 0.350 e. The lowest BCUT2D eigenvalue weighted by Crippen LogP contribution is -2.44. The number of rotatable bonds is 7. The molecule has 0 aliphatic rings. The van der Waals surface area contributed by atoms with E-state index < -0.39 is 6.04 Å². The Bertz CT molecular complexity index is 1200. The molecule has 1 atom stereocenters. The van der Waals surface area contributed by atoms with Crippen molar-refractivity contribution in [3.8, 4) is 0 Å². The lowest BCUT2D eigenvalue weighted by atomic mass is 10.0. The third-order valence-electron chi connectivity index (χ3n) is 5.24. The fourth-order valence-corrected chi connectivity index (χ4v) is 3.54. The Kier molecular flexibility index (Phi) is 6.85. The first-order valence-corrected chi connectivity index (χ1v) is 10.7. The van der Waals surface area contributed by atoms with Crippen LogP contribution in [-0.4, -0.2) is 21.8 Å². The highest BCUT2D eigenvalue weighted by molar-refractivity contribution is 6.09. The lowest BCUT2D eigenvalue weighted by Gasteiger charge is -2.31. The molecule has 2 aromatic carbocycles. The van der Waals surface area contributed by atoms with Gasteiger partial charge in [0.25, 0.3) is 5.91 Å². The first kappa shape index (κ1) is 21.9. The molecule has 33 heavy (non-hydrogen) atoms. The molecule has 2 aromatic heterocycles. The highest BCUT2D eigenvalue weighted by atomic mass is 16.2. The number of nitrogens with zero attached hydrogens (tertiary/aromatic N) is 3. The van der Waals surface area contributed by atoms with Gasteiger partial charge in [-0.05, 0) is 42.3 Å². The summed E-state index contributed by atoms with van der Waals surface area (Å²) in [6.07, 6.45) is 4.76. The number of aromatic nitrogens is 2. The smallest absolute Gasteiger partial charge is 0.277 e. The molecule has 0 bridgehead atoms. The van der Waals surface area contributed by atoms with Gasteiger partial charge >= 0.3 is 0 Å². The van der Waals surface area contributed by atoms with Crippen LogP contribution in [0.3, 0.4) is 0 Å². The van der Waals surface area contributed by atoms with E-state index in [1.54, 1.807) is 48.9 Å². The Morgan fingerprint density at radius 1 is 0.879 bits per heavy atom. The van der Waals surface area contributed by atoms with E-state index in [9.17, 15) is 9.59 Å². The molecular weight excluding hydrogens is 412 g/mol. The zero-order valence-electron chi connectivity index (χ0n) is 18.3. The van der Waals surface area contributed by atoms with Gasteiger partial charge in [-0.15, -0.1) is 0 Å². The van der Waals surface area contributed by atoms with Crippen LogP contribution in [0.5, 0.6) is 0 Å². The minimum absolute atomic E-state index is 0.245. The Morgan fingerprint density at radius 2 is 1.64 bits per heavy atom. The molecule has 0 aliphatic heterocycles. The second kappa shape index (κ2) is 10.3. The third-order valence-corrected chi connectivity index (χ3v) is 5.24. The van der Waals surface area contributed by atoms with Gasteiger partial charge in [0.05, 0.1) is 11.9 Å². The second-order valence-electron chi connectivity index (χ2n) is 7.62. The standard InChI is InChI=1S/C27H24N4O2/c1-20-12-14-22(15-13-20)25(26(32)30-18-21-8-3-2-4-9-21)31(23-10-7-16-28-19-23)27(33)24-11-5-6-17-29-24/h2-17,19,25H,18H2,1H3,(H,30,32)/t25-/m0/s1. The molecule has 0 fully saturated rings. The second-order valence-corrected chi connectivity index (χ2v) is 7.62. The number of carbonyl (C=O) groups excluding carboxylic acids is 2. The number of pyridine rings is 2. The molecule has 164 valence electrons. The van der Waals surface area contributed by atoms with E-state index in [1.807, 2.05) is 61.5 Å². The number of aryl methyl sites for hydroxylation is 1. The highest BCUT2D eigenvalue weighted by Crippen LogP contribution is 2.29. The number of hydrogen-bond donors (Lipinski definition) is 1. The van der Waals surface area contributed by atoms with Gasteiger partial charge in [0.1, 0.15) is 11.7 Å². The maximum Gasteiger partial charge on any atom is 0.277 e. The van der Waals surface area contributed by atoms with Crippen LogP contribution in [0.15, 0.2) is 104 Å². The highest BCUT2D eigenvalue weighted by Gasteiger charge is 2.34. The van der Waals surface area contributed by atoms with Gasteiger partial charge in [-0.25, -0.2) is 0 Å². The van der Waals surface area contributed by atoms with E-state index in [0.717, 1.165) is 11.1 Å². The minimum atomic E-state index is -0.909. The summed E-state index contributed by atoms with van der Waals surface area (Å²) in [6.45, 7) is 2.33. The number of hydrogen-bond acceptors (Lipinski definition) is 4. The van der Waals surface area contributed by atoms with E-state index in [1.165, 1.54) is 4.90 Å². The molecule has 0 radical (unpaired) electrons. The van der Waals surface area contributed by atoms with Gasteiger partial charge in [0, 0.05) is 18.9 Å². The molecule has 6 nitrogen and oxygen atoms in total. The molecule has 0 aliphatic carbocycles.